The van der Waals surface area contributed by atoms with Crippen LogP contribution in [0.2, 0.25) is 5.02 Å². The summed E-state index contributed by atoms with van der Waals surface area (Å²) in [5.74, 6) is -0.516. The van der Waals surface area contributed by atoms with E-state index in [0.717, 1.165) is 61.0 Å². The maximum atomic E-state index is 12.4. The minimum absolute atomic E-state index is 0.140. The molecule has 2 bridgehead atoms. The molecule has 2 aromatic carbocycles. The molecule has 3 aliphatic rings. The lowest BCUT2D eigenvalue weighted by Crippen LogP contribution is -2.70. The third-order valence-electron chi connectivity index (χ3n) is 9.01. The predicted molar refractivity (Wildman–Crippen MR) is 176 cm³/mol. The van der Waals surface area contributed by atoms with Gasteiger partial charge in [0.25, 0.3) is 0 Å². The van der Waals surface area contributed by atoms with Crippen molar-refractivity contribution in [3.63, 3.8) is 0 Å². The molecule has 3 heterocycles. The molecule has 5 rings (SSSR count). The molecule has 2 aromatic rings. The third-order valence-corrected chi connectivity index (χ3v) is 9.38. The van der Waals surface area contributed by atoms with E-state index in [-0.39, 0.29) is 13.2 Å². The van der Waals surface area contributed by atoms with Crippen LogP contribution in [-0.4, -0.2) is 75.7 Å². The maximum absolute atomic E-state index is 12.4. The van der Waals surface area contributed by atoms with E-state index in [0.29, 0.717) is 37.9 Å². The Hall–Kier alpha value is -2.40. The fourth-order valence-electron chi connectivity index (χ4n) is 6.51. The summed E-state index contributed by atoms with van der Waals surface area (Å²) < 4.78 is 45.5. The van der Waals surface area contributed by atoms with Crippen molar-refractivity contribution in [3.8, 4) is 5.75 Å². The van der Waals surface area contributed by atoms with Crippen molar-refractivity contribution in [1.82, 2.24) is 5.32 Å². The molecule has 3 saturated heterocycles. The molecule has 0 saturated carbocycles. The SMILES string of the molecule is CCCCO[C@@H]1[C@@H](OCCCC)[C@@]2(c3ccc(Cl)c(Cc4ccc(OCC)cc4)c3)OC[C@](C3CNC(=O)O3)(O2)[C@H]1OCCCC. The van der Waals surface area contributed by atoms with E-state index in [4.69, 9.17) is 44.8 Å². The van der Waals surface area contributed by atoms with Crippen LogP contribution < -0.4 is 10.1 Å². The minimum atomic E-state index is -1.34. The Kier molecular flexibility index (Phi) is 12.2. The van der Waals surface area contributed by atoms with Crippen LogP contribution in [0.25, 0.3) is 0 Å². The highest BCUT2D eigenvalue weighted by molar-refractivity contribution is 6.31. The molecule has 3 aliphatic heterocycles. The quantitative estimate of drug-likeness (QED) is 0.172. The maximum Gasteiger partial charge on any atom is 0.407 e. The summed E-state index contributed by atoms with van der Waals surface area (Å²) in [6.07, 6.45) is 3.25. The zero-order valence-electron chi connectivity index (χ0n) is 27.7. The smallest absolute Gasteiger partial charge is 0.407 e. The van der Waals surface area contributed by atoms with Crippen LogP contribution in [0.1, 0.15) is 82.9 Å². The normalized spacial score (nSPS) is 28.7. The Morgan fingerprint density at radius 3 is 2.20 bits per heavy atom. The van der Waals surface area contributed by atoms with Crippen molar-refractivity contribution in [3.05, 3.63) is 64.2 Å². The largest absolute Gasteiger partial charge is 0.494 e. The van der Waals surface area contributed by atoms with Crippen LogP contribution in [0.15, 0.2) is 42.5 Å². The lowest BCUT2D eigenvalue weighted by molar-refractivity contribution is -0.354. The van der Waals surface area contributed by atoms with Crippen molar-refractivity contribution in [2.45, 2.75) is 108 Å². The van der Waals surface area contributed by atoms with Crippen LogP contribution in [0.4, 0.5) is 4.79 Å². The van der Waals surface area contributed by atoms with E-state index in [9.17, 15) is 4.79 Å². The third kappa shape index (κ3) is 7.35. The Labute approximate surface area is 278 Å². The number of nitrogens with one attached hydrogen (secondary N) is 1. The van der Waals surface area contributed by atoms with Crippen LogP contribution in [0.3, 0.4) is 0 Å². The second-order valence-corrected chi connectivity index (χ2v) is 12.7. The summed E-state index contributed by atoms with van der Waals surface area (Å²) in [6.45, 7) is 10.9. The highest BCUT2D eigenvalue weighted by Gasteiger charge is 2.72. The average molecular weight is 660 g/mol. The highest BCUT2D eigenvalue weighted by Crippen LogP contribution is 2.54. The van der Waals surface area contributed by atoms with Crippen LogP contribution in [0, 0.1) is 0 Å². The van der Waals surface area contributed by atoms with Gasteiger partial charge in [0.05, 0.1) is 19.8 Å². The zero-order valence-corrected chi connectivity index (χ0v) is 28.4. The molecule has 0 aliphatic carbocycles. The molecule has 46 heavy (non-hydrogen) atoms. The van der Waals surface area contributed by atoms with E-state index in [1.54, 1.807) is 0 Å². The number of cyclic esters (lactones) is 1. The van der Waals surface area contributed by atoms with Gasteiger partial charge in [0, 0.05) is 30.4 Å². The van der Waals surface area contributed by atoms with Crippen LogP contribution in [-0.2, 0) is 40.6 Å². The van der Waals surface area contributed by atoms with Gasteiger partial charge in [0.2, 0.25) is 5.79 Å². The number of ether oxygens (including phenoxy) is 7. The zero-order chi connectivity index (χ0) is 32.6. The Balaban J connectivity index is 1.57. The summed E-state index contributed by atoms with van der Waals surface area (Å²) in [5.41, 5.74) is 1.67. The average Bonchev–Trinajstić information content (AvgIpc) is 3.66. The molecule has 1 N–H and O–H groups in total. The van der Waals surface area contributed by atoms with Crippen molar-refractivity contribution in [2.75, 3.05) is 39.6 Å². The first-order chi connectivity index (χ1) is 22.4. The standard InChI is InChI=1S/C36H50ClNO8/c1-5-9-18-41-31-32(42-19-10-6-2)35(30-23-38-34(39)45-30)24-44-36(46-35,33(31)43-20-11-7-3)27-14-17-29(37)26(22-27)21-25-12-15-28(16-13-25)40-8-4/h12-17,22,30-33H,5-11,18-21,23-24H2,1-4H3,(H,38,39)/t30?,31-,32-,33+,35+,36-/m0/s1. The number of benzene rings is 2. The Morgan fingerprint density at radius 2 is 1.57 bits per heavy atom. The van der Waals surface area contributed by atoms with E-state index in [1.807, 2.05) is 37.3 Å². The number of fused-ring (bicyclic) bond motifs is 2. The number of hydrogen-bond donors (Lipinski definition) is 1. The van der Waals surface area contributed by atoms with Gasteiger partial charge in [0.1, 0.15) is 24.1 Å². The number of hydrogen-bond acceptors (Lipinski definition) is 8. The summed E-state index contributed by atoms with van der Waals surface area (Å²) in [6, 6.07) is 13.9. The molecule has 0 spiro atoms. The topological polar surface area (TPSA) is 93.7 Å². The number of carbonyl (C=O) groups is 1. The molecule has 0 radical (unpaired) electrons. The molecular weight excluding hydrogens is 610 g/mol. The first kappa shape index (κ1) is 34.9. The Morgan fingerprint density at radius 1 is 0.891 bits per heavy atom. The molecule has 6 atom stereocenters. The van der Waals surface area contributed by atoms with E-state index in [1.165, 1.54) is 0 Å². The molecule has 1 amide bonds. The Bertz CT molecular complexity index is 1280. The van der Waals surface area contributed by atoms with Crippen molar-refractivity contribution in [2.24, 2.45) is 0 Å². The lowest BCUT2D eigenvalue weighted by atomic mass is 9.79. The van der Waals surface area contributed by atoms with Gasteiger partial charge in [0.15, 0.2) is 11.7 Å². The number of rotatable bonds is 18. The van der Waals surface area contributed by atoms with E-state index in [2.05, 4.69) is 38.2 Å². The number of carbonyl (C=O) groups excluding carboxylic acids is 1. The summed E-state index contributed by atoms with van der Waals surface area (Å²) >= 11 is 6.81. The van der Waals surface area contributed by atoms with Crippen molar-refractivity contribution >= 4 is 17.7 Å². The van der Waals surface area contributed by atoms with Crippen molar-refractivity contribution in [1.29, 1.82) is 0 Å². The van der Waals surface area contributed by atoms with Gasteiger partial charge in [-0.3, -0.25) is 0 Å². The van der Waals surface area contributed by atoms with E-state index >= 15 is 0 Å². The van der Waals surface area contributed by atoms with Crippen molar-refractivity contribution < 1.29 is 38.0 Å². The second kappa shape index (κ2) is 16.1. The first-order valence-corrected chi connectivity index (χ1v) is 17.4. The number of alkyl carbamates (subject to hydrolysis) is 1. The molecule has 254 valence electrons. The van der Waals surface area contributed by atoms with Crippen LogP contribution >= 0.6 is 11.6 Å². The van der Waals surface area contributed by atoms with Crippen LogP contribution in [0.5, 0.6) is 5.75 Å². The molecule has 3 fully saturated rings. The minimum Gasteiger partial charge on any atom is -0.494 e. The molecule has 9 nitrogen and oxygen atoms in total. The van der Waals surface area contributed by atoms with E-state index < -0.39 is 41.9 Å². The number of halogens is 1. The van der Waals surface area contributed by atoms with Gasteiger partial charge in [-0.1, -0.05) is 69.8 Å². The van der Waals surface area contributed by atoms with Gasteiger partial charge >= 0.3 is 6.09 Å². The highest BCUT2D eigenvalue weighted by atomic mass is 35.5. The van der Waals surface area contributed by atoms with Gasteiger partial charge in [-0.2, -0.15) is 0 Å². The molecule has 0 aromatic heterocycles. The molecule has 10 heteroatoms. The summed E-state index contributed by atoms with van der Waals surface area (Å²) in [4.78, 5) is 12.4. The predicted octanol–water partition coefficient (Wildman–Crippen LogP) is 6.95. The molecular formula is C36H50ClNO8. The van der Waals surface area contributed by atoms with Gasteiger partial charge < -0.3 is 38.5 Å². The first-order valence-electron chi connectivity index (χ1n) is 17.0. The lowest BCUT2D eigenvalue weighted by Gasteiger charge is -2.52. The summed E-state index contributed by atoms with van der Waals surface area (Å²) in [7, 11) is 0. The van der Waals surface area contributed by atoms with Gasteiger partial charge in [-0.25, -0.2) is 4.79 Å². The molecule has 1 unspecified atom stereocenters. The van der Waals surface area contributed by atoms with Gasteiger partial charge in [-0.15, -0.1) is 0 Å². The fourth-order valence-corrected chi connectivity index (χ4v) is 6.69. The number of unbranched alkanes of at least 4 members (excludes halogenated alkanes) is 3. The monoisotopic (exact) mass is 659 g/mol. The van der Waals surface area contributed by atoms with Gasteiger partial charge in [-0.05, 0) is 68.0 Å². The second-order valence-electron chi connectivity index (χ2n) is 12.3. The fraction of sp³-hybridized carbons (Fsp3) is 0.639. The number of amides is 1. The summed E-state index contributed by atoms with van der Waals surface area (Å²) in [5, 5.41) is 3.45.